The lowest BCUT2D eigenvalue weighted by molar-refractivity contribution is -0.116. The highest BCUT2D eigenvalue weighted by atomic mass is 32.2. The maximum absolute atomic E-state index is 12.6. The number of aromatic hydroxyl groups is 1. The van der Waals surface area contributed by atoms with E-state index in [2.05, 4.69) is 21.9 Å². The summed E-state index contributed by atoms with van der Waals surface area (Å²) in [5.41, 5.74) is 0.819. The number of thioether (sulfide) groups is 1. The number of amides is 1. The van der Waals surface area contributed by atoms with Crippen LogP contribution >= 0.6 is 11.8 Å². The number of carbonyl (C=O) groups excluding carboxylic acids is 1. The van der Waals surface area contributed by atoms with Crippen LogP contribution in [0.4, 0.5) is 5.82 Å². The number of aromatic amines is 1. The number of anilines is 1. The van der Waals surface area contributed by atoms with Crippen molar-refractivity contribution >= 4 is 23.5 Å². The van der Waals surface area contributed by atoms with Crippen molar-refractivity contribution in [3.8, 4) is 11.5 Å². The Morgan fingerprint density at radius 1 is 1.46 bits per heavy atom. The van der Waals surface area contributed by atoms with Gasteiger partial charge in [-0.25, -0.2) is 4.98 Å². The summed E-state index contributed by atoms with van der Waals surface area (Å²) in [5.74, 6) is 0.515. The molecule has 0 saturated carbocycles. The summed E-state index contributed by atoms with van der Waals surface area (Å²) in [6.07, 6.45) is 1.82. The molecule has 1 amide bonds. The Kier molecular flexibility index (Phi) is 5.32. The van der Waals surface area contributed by atoms with E-state index in [0.29, 0.717) is 34.4 Å². The first-order chi connectivity index (χ1) is 12.5. The quantitative estimate of drug-likeness (QED) is 0.408. The normalized spacial score (nSPS) is 15.9. The van der Waals surface area contributed by atoms with E-state index in [-0.39, 0.29) is 29.5 Å². The fraction of sp³-hybridized carbons (Fsp3) is 0.278. The Morgan fingerprint density at radius 2 is 2.27 bits per heavy atom. The van der Waals surface area contributed by atoms with E-state index in [1.165, 1.54) is 17.8 Å². The molecule has 3 rings (SSSR count). The van der Waals surface area contributed by atoms with Crippen LogP contribution in [0.3, 0.4) is 0 Å². The van der Waals surface area contributed by atoms with E-state index in [4.69, 9.17) is 4.74 Å². The van der Waals surface area contributed by atoms with Gasteiger partial charge in [-0.2, -0.15) is 0 Å². The first-order valence-electron chi connectivity index (χ1n) is 8.17. The van der Waals surface area contributed by atoms with Crippen LogP contribution in [0.5, 0.6) is 11.5 Å². The predicted molar refractivity (Wildman–Crippen MR) is 100 cm³/mol. The Bertz CT molecular complexity index is 910. The maximum Gasteiger partial charge on any atom is 0.257 e. The second-order valence-electron chi connectivity index (χ2n) is 5.70. The molecule has 26 heavy (non-hydrogen) atoms. The van der Waals surface area contributed by atoms with Crippen LogP contribution < -0.4 is 15.6 Å². The van der Waals surface area contributed by atoms with Crippen molar-refractivity contribution in [2.75, 3.05) is 17.7 Å². The number of nitrogens with one attached hydrogen (secondary N) is 2. The maximum atomic E-state index is 12.6. The van der Waals surface area contributed by atoms with Gasteiger partial charge in [0.2, 0.25) is 5.91 Å². The molecule has 1 aliphatic heterocycles. The average Bonchev–Trinajstić information content (AvgIpc) is 2.61. The van der Waals surface area contributed by atoms with Gasteiger partial charge in [-0.15, -0.1) is 6.58 Å². The van der Waals surface area contributed by atoms with Gasteiger partial charge in [-0.1, -0.05) is 23.9 Å². The molecule has 1 aromatic heterocycles. The summed E-state index contributed by atoms with van der Waals surface area (Å²) < 4.78 is 5.41. The second-order valence-corrected chi connectivity index (χ2v) is 6.71. The number of phenolic OH excluding ortho intramolecular Hbond substituents is 1. The van der Waals surface area contributed by atoms with Crippen molar-refractivity contribution in [3.63, 3.8) is 0 Å². The number of benzene rings is 1. The van der Waals surface area contributed by atoms with Crippen molar-refractivity contribution in [2.45, 2.75) is 24.4 Å². The van der Waals surface area contributed by atoms with E-state index in [9.17, 15) is 14.7 Å². The third kappa shape index (κ3) is 3.60. The van der Waals surface area contributed by atoms with Crippen molar-refractivity contribution in [1.82, 2.24) is 9.97 Å². The Balaban J connectivity index is 2.06. The molecule has 0 spiro atoms. The molecule has 2 aromatic rings. The molecular formula is C18H19N3O4S. The van der Waals surface area contributed by atoms with E-state index in [1.54, 1.807) is 18.2 Å². The number of hydrogen-bond acceptors (Lipinski definition) is 6. The zero-order chi connectivity index (χ0) is 18.7. The van der Waals surface area contributed by atoms with Crippen molar-refractivity contribution < 1.29 is 14.6 Å². The van der Waals surface area contributed by atoms with Gasteiger partial charge in [0.25, 0.3) is 5.56 Å². The van der Waals surface area contributed by atoms with Crippen LogP contribution in [0.25, 0.3) is 0 Å². The van der Waals surface area contributed by atoms with Gasteiger partial charge in [0.15, 0.2) is 16.7 Å². The first-order valence-corrected chi connectivity index (χ1v) is 9.15. The number of aromatic nitrogens is 2. The van der Waals surface area contributed by atoms with E-state index in [0.717, 1.165) is 0 Å². The summed E-state index contributed by atoms with van der Waals surface area (Å²) in [6.45, 7) is 5.84. The van der Waals surface area contributed by atoms with Gasteiger partial charge >= 0.3 is 0 Å². The van der Waals surface area contributed by atoms with Crippen LogP contribution in [-0.2, 0) is 4.79 Å². The number of carbonyl (C=O) groups is 1. The highest BCUT2D eigenvalue weighted by Crippen LogP contribution is 2.38. The third-order valence-electron chi connectivity index (χ3n) is 3.95. The summed E-state index contributed by atoms with van der Waals surface area (Å²) in [6, 6.07) is 4.85. The fourth-order valence-electron chi connectivity index (χ4n) is 2.86. The summed E-state index contributed by atoms with van der Waals surface area (Å²) in [7, 11) is 0. The number of nitrogens with zero attached hydrogens (tertiary/aromatic N) is 1. The van der Waals surface area contributed by atoms with Crippen molar-refractivity contribution in [1.29, 1.82) is 0 Å². The number of rotatable bonds is 6. The molecule has 0 bridgehead atoms. The van der Waals surface area contributed by atoms with Crippen LogP contribution in [0, 0.1) is 0 Å². The molecule has 2 heterocycles. The molecule has 0 unspecified atom stereocenters. The fourth-order valence-corrected chi connectivity index (χ4v) is 3.46. The molecular weight excluding hydrogens is 354 g/mol. The number of H-pyrrole nitrogens is 1. The molecule has 3 N–H and O–H groups in total. The number of hydrogen-bond donors (Lipinski definition) is 3. The zero-order valence-corrected chi connectivity index (χ0v) is 15.1. The molecule has 1 aliphatic rings. The largest absolute Gasteiger partial charge is 0.504 e. The Labute approximate surface area is 154 Å². The SMILES string of the molecule is C=CCSc1nc2c(c(=O)[nH]1)[C@@H](c1ccc(O)c(OCC)c1)CC(=O)N2. The van der Waals surface area contributed by atoms with Gasteiger partial charge in [0.1, 0.15) is 5.82 Å². The molecule has 0 radical (unpaired) electrons. The van der Waals surface area contributed by atoms with E-state index in [1.807, 2.05) is 6.92 Å². The van der Waals surface area contributed by atoms with Gasteiger partial charge in [0.05, 0.1) is 12.2 Å². The van der Waals surface area contributed by atoms with Crippen LogP contribution in [0.1, 0.15) is 30.4 Å². The molecule has 0 fully saturated rings. The van der Waals surface area contributed by atoms with E-state index >= 15 is 0 Å². The second kappa shape index (κ2) is 7.65. The average molecular weight is 373 g/mol. The molecule has 0 saturated heterocycles. The Hall–Kier alpha value is -2.74. The standard InChI is InChI=1S/C18H19N3O4S/c1-3-7-26-18-20-16-15(17(24)21-18)11(9-14(23)19-16)10-5-6-12(22)13(8-10)25-4-2/h3,5-6,8,11,22H,1,4,7,9H2,2H3,(H2,19,20,21,23,24)/t11-/m1/s1. The first kappa shape index (κ1) is 18.1. The Morgan fingerprint density at radius 3 is 3.00 bits per heavy atom. The molecule has 7 nitrogen and oxygen atoms in total. The van der Waals surface area contributed by atoms with Crippen LogP contribution in [0.15, 0.2) is 40.8 Å². The topological polar surface area (TPSA) is 104 Å². The van der Waals surface area contributed by atoms with Gasteiger partial charge in [-0.3, -0.25) is 9.59 Å². The number of fused-ring (bicyclic) bond motifs is 1. The molecule has 1 atom stereocenters. The minimum Gasteiger partial charge on any atom is -0.504 e. The smallest absolute Gasteiger partial charge is 0.257 e. The predicted octanol–water partition coefficient (Wildman–Crippen LogP) is 2.63. The van der Waals surface area contributed by atoms with Crippen LogP contribution in [-0.4, -0.2) is 33.3 Å². The molecule has 1 aromatic carbocycles. The number of phenols is 1. The molecule has 8 heteroatoms. The lowest BCUT2D eigenvalue weighted by Crippen LogP contribution is -2.31. The van der Waals surface area contributed by atoms with Crippen molar-refractivity contribution in [3.05, 3.63) is 52.3 Å². The molecule has 0 aliphatic carbocycles. The van der Waals surface area contributed by atoms with Crippen molar-refractivity contribution in [2.24, 2.45) is 0 Å². The molecule has 136 valence electrons. The highest BCUT2D eigenvalue weighted by molar-refractivity contribution is 7.99. The minimum absolute atomic E-state index is 0.0132. The van der Waals surface area contributed by atoms with Gasteiger partial charge < -0.3 is 20.1 Å². The highest BCUT2D eigenvalue weighted by Gasteiger charge is 2.31. The number of ether oxygens (including phenoxy) is 1. The monoisotopic (exact) mass is 373 g/mol. The van der Waals surface area contributed by atoms with Gasteiger partial charge in [0, 0.05) is 18.1 Å². The van der Waals surface area contributed by atoms with Crippen LogP contribution in [0.2, 0.25) is 0 Å². The van der Waals surface area contributed by atoms with E-state index < -0.39 is 5.92 Å². The zero-order valence-electron chi connectivity index (χ0n) is 14.2. The summed E-state index contributed by atoms with van der Waals surface area (Å²) >= 11 is 1.33. The minimum atomic E-state index is -0.465. The summed E-state index contributed by atoms with van der Waals surface area (Å²) in [4.78, 5) is 31.9. The summed E-state index contributed by atoms with van der Waals surface area (Å²) in [5, 5.41) is 13.0. The third-order valence-corrected chi connectivity index (χ3v) is 4.82. The lowest BCUT2D eigenvalue weighted by atomic mass is 9.86. The lowest BCUT2D eigenvalue weighted by Gasteiger charge is -2.25. The van der Waals surface area contributed by atoms with Gasteiger partial charge in [-0.05, 0) is 24.6 Å².